The summed E-state index contributed by atoms with van der Waals surface area (Å²) in [5.74, 6) is -2.93. The maximum Gasteiger partial charge on any atom is 0.328 e. The van der Waals surface area contributed by atoms with Gasteiger partial charge in [-0.3, -0.25) is 4.90 Å². The number of rotatable bonds is 7. The third-order valence-electron chi connectivity index (χ3n) is 4.18. The average molecular weight is 398 g/mol. The fourth-order valence-electron chi connectivity index (χ4n) is 2.99. The normalized spacial score (nSPS) is 14.9. The van der Waals surface area contributed by atoms with Crippen molar-refractivity contribution in [1.29, 1.82) is 0 Å². The van der Waals surface area contributed by atoms with Crippen LogP contribution in [-0.2, 0) is 16.1 Å². The smallest absolute Gasteiger partial charge is 0.328 e. The number of nitrogens with zero attached hydrogens (tertiary/aromatic N) is 1. The van der Waals surface area contributed by atoms with Crippen molar-refractivity contribution in [1.82, 2.24) is 10.2 Å². The first-order chi connectivity index (χ1) is 13.2. The first-order valence-electron chi connectivity index (χ1n) is 9.21. The molecule has 1 saturated heterocycles. The van der Waals surface area contributed by atoms with Crippen molar-refractivity contribution in [3.8, 4) is 0 Å². The maximum absolute atomic E-state index is 13.8. The Labute approximate surface area is 163 Å². The minimum Gasteiger partial charge on any atom is -0.478 e. The van der Waals surface area contributed by atoms with E-state index in [-0.39, 0.29) is 0 Å². The quantitative estimate of drug-likeness (QED) is 0.612. The maximum atomic E-state index is 13.8. The molecule has 3 N–H and O–H groups in total. The molecule has 156 valence electrons. The minimum atomic E-state index is -1.26. The molecular weight excluding hydrogens is 370 g/mol. The van der Waals surface area contributed by atoms with Crippen LogP contribution < -0.4 is 5.32 Å². The number of nitrogens with one attached hydrogen (secondary N) is 1. The Morgan fingerprint density at radius 1 is 1.18 bits per heavy atom. The van der Waals surface area contributed by atoms with Crippen LogP contribution in [0.5, 0.6) is 0 Å². The van der Waals surface area contributed by atoms with Crippen molar-refractivity contribution in [3.63, 3.8) is 0 Å². The summed E-state index contributed by atoms with van der Waals surface area (Å²) < 4.78 is 26.8. The molecule has 6 nitrogen and oxygen atoms in total. The first-order valence-corrected chi connectivity index (χ1v) is 9.21. The number of carboxylic acid groups (broad SMARTS) is 2. The second-order valence-electron chi connectivity index (χ2n) is 7.05. The molecule has 0 atom stereocenters. The Balaban J connectivity index is 0.000000416. The molecule has 0 bridgehead atoms. The lowest BCUT2D eigenvalue weighted by atomic mass is 10.0. The van der Waals surface area contributed by atoms with Gasteiger partial charge in [-0.1, -0.05) is 19.9 Å². The van der Waals surface area contributed by atoms with Gasteiger partial charge in [0.15, 0.2) is 0 Å². The second-order valence-corrected chi connectivity index (χ2v) is 7.05. The standard InChI is InChI=1S/C16H24F2N2.C4H4O4/c1-12(2)10-20(15-5-7-19-8-6-15)11-13-3-4-14(17)9-16(13)18;5-3(6)1-2-4(7)8/h3-4,9,12,15,19H,5-8,10-11H2,1-2H3;1-2H,(H,5,6)(H,7,8). The summed E-state index contributed by atoms with van der Waals surface area (Å²) in [5.41, 5.74) is 0.589. The Kier molecular flexibility index (Phi) is 10.3. The lowest BCUT2D eigenvalue weighted by Crippen LogP contribution is -2.44. The molecule has 28 heavy (non-hydrogen) atoms. The van der Waals surface area contributed by atoms with E-state index in [0.29, 0.717) is 36.2 Å². The summed E-state index contributed by atoms with van der Waals surface area (Å²) in [4.78, 5) is 21.5. The average Bonchev–Trinajstić information content (AvgIpc) is 2.62. The summed E-state index contributed by atoms with van der Waals surface area (Å²) in [6.07, 6.45) is 3.30. The highest BCUT2D eigenvalue weighted by atomic mass is 19.1. The Morgan fingerprint density at radius 2 is 1.75 bits per heavy atom. The zero-order valence-electron chi connectivity index (χ0n) is 16.2. The van der Waals surface area contributed by atoms with Crippen LogP contribution >= 0.6 is 0 Å². The van der Waals surface area contributed by atoms with E-state index in [0.717, 1.165) is 38.5 Å². The van der Waals surface area contributed by atoms with Crippen LogP contribution in [-0.4, -0.2) is 52.7 Å². The lowest BCUT2D eigenvalue weighted by molar-refractivity contribution is -0.134. The predicted molar refractivity (Wildman–Crippen MR) is 102 cm³/mol. The Bertz CT molecular complexity index is 658. The van der Waals surface area contributed by atoms with Gasteiger partial charge < -0.3 is 15.5 Å². The molecule has 0 amide bonds. The zero-order valence-corrected chi connectivity index (χ0v) is 16.2. The summed E-state index contributed by atoms with van der Waals surface area (Å²) in [6.45, 7) is 7.90. The zero-order chi connectivity index (χ0) is 21.1. The number of carboxylic acids is 2. The number of benzene rings is 1. The molecule has 0 aliphatic carbocycles. The molecule has 1 fully saturated rings. The van der Waals surface area contributed by atoms with Gasteiger partial charge in [0.2, 0.25) is 0 Å². The van der Waals surface area contributed by atoms with Crippen LogP contribution in [0.15, 0.2) is 30.4 Å². The van der Waals surface area contributed by atoms with Gasteiger partial charge in [-0.2, -0.15) is 0 Å². The molecule has 1 heterocycles. The van der Waals surface area contributed by atoms with Gasteiger partial charge in [0.25, 0.3) is 0 Å². The largest absolute Gasteiger partial charge is 0.478 e. The van der Waals surface area contributed by atoms with Crippen LogP contribution in [0.4, 0.5) is 8.78 Å². The molecule has 8 heteroatoms. The molecule has 2 rings (SSSR count). The van der Waals surface area contributed by atoms with E-state index in [1.165, 1.54) is 6.07 Å². The van der Waals surface area contributed by atoms with Crippen molar-refractivity contribution >= 4 is 11.9 Å². The number of hydrogen-bond donors (Lipinski definition) is 3. The van der Waals surface area contributed by atoms with Crippen LogP contribution in [0.25, 0.3) is 0 Å². The third kappa shape index (κ3) is 9.57. The third-order valence-corrected chi connectivity index (χ3v) is 4.18. The van der Waals surface area contributed by atoms with Gasteiger partial charge in [-0.15, -0.1) is 0 Å². The molecule has 0 radical (unpaired) electrons. The highest BCUT2D eigenvalue weighted by Gasteiger charge is 2.22. The molecule has 1 aliphatic rings. The fourth-order valence-corrected chi connectivity index (χ4v) is 2.99. The summed E-state index contributed by atoms with van der Waals surface area (Å²) in [5, 5.41) is 19.0. The second kappa shape index (κ2) is 12.2. The number of piperidine rings is 1. The molecule has 0 unspecified atom stereocenters. The number of aliphatic carboxylic acids is 2. The van der Waals surface area contributed by atoms with Crippen molar-refractivity contribution < 1.29 is 28.6 Å². The van der Waals surface area contributed by atoms with E-state index in [4.69, 9.17) is 10.2 Å². The van der Waals surface area contributed by atoms with Gasteiger partial charge in [0.1, 0.15) is 11.6 Å². The topological polar surface area (TPSA) is 89.9 Å². The van der Waals surface area contributed by atoms with Gasteiger partial charge >= 0.3 is 11.9 Å². The van der Waals surface area contributed by atoms with Crippen LogP contribution in [0.3, 0.4) is 0 Å². The Hall–Kier alpha value is -2.32. The lowest BCUT2D eigenvalue weighted by Gasteiger charge is -2.36. The van der Waals surface area contributed by atoms with E-state index in [1.54, 1.807) is 6.07 Å². The first kappa shape index (κ1) is 23.7. The van der Waals surface area contributed by atoms with E-state index in [2.05, 4.69) is 24.1 Å². The molecule has 0 aromatic heterocycles. The van der Waals surface area contributed by atoms with E-state index >= 15 is 0 Å². The van der Waals surface area contributed by atoms with Crippen molar-refractivity contribution in [2.24, 2.45) is 5.92 Å². The molecule has 1 aliphatic heterocycles. The van der Waals surface area contributed by atoms with E-state index in [1.807, 2.05) is 0 Å². The van der Waals surface area contributed by atoms with Crippen LogP contribution in [0.2, 0.25) is 0 Å². The molecule has 0 spiro atoms. The van der Waals surface area contributed by atoms with E-state index in [9.17, 15) is 18.4 Å². The highest BCUT2D eigenvalue weighted by Crippen LogP contribution is 2.19. The van der Waals surface area contributed by atoms with Gasteiger partial charge in [-0.05, 0) is 37.9 Å². The summed E-state index contributed by atoms with van der Waals surface area (Å²) in [7, 11) is 0. The molecule has 1 aromatic carbocycles. The fraction of sp³-hybridized carbons (Fsp3) is 0.500. The molecule has 1 aromatic rings. The monoisotopic (exact) mass is 398 g/mol. The number of halogens is 2. The van der Waals surface area contributed by atoms with Crippen molar-refractivity contribution in [3.05, 3.63) is 47.5 Å². The van der Waals surface area contributed by atoms with Gasteiger partial charge in [0.05, 0.1) is 0 Å². The highest BCUT2D eigenvalue weighted by molar-refractivity contribution is 5.89. The van der Waals surface area contributed by atoms with Crippen molar-refractivity contribution in [2.75, 3.05) is 19.6 Å². The van der Waals surface area contributed by atoms with Crippen LogP contribution in [0, 0.1) is 17.6 Å². The van der Waals surface area contributed by atoms with Gasteiger partial charge in [-0.25, -0.2) is 18.4 Å². The SMILES string of the molecule is CC(C)CN(Cc1ccc(F)cc1F)C1CCNCC1.O=C(O)C=CC(=O)O. The predicted octanol–water partition coefficient (Wildman–Crippen LogP) is 2.89. The molecular formula is C20H28F2N2O4. The van der Waals surface area contributed by atoms with E-state index < -0.39 is 23.6 Å². The summed E-state index contributed by atoms with van der Waals surface area (Å²) >= 11 is 0. The van der Waals surface area contributed by atoms with Crippen molar-refractivity contribution in [2.45, 2.75) is 39.3 Å². The van der Waals surface area contributed by atoms with Gasteiger partial charge in [0, 0.05) is 42.9 Å². The Morgan fingerprint density at radius 3 is 2.21 bits per heavy atom. The number of hydrogen-bond acceptors (Lipinski definition) is 4. The molecule has 0 saturated carbocycles. The minimum absolute atomic E-state index is 0.437. The van der Waals surface area contributed by atoms with Crippen LogP contribution in [0.1, 0.15) is 32.3 Å². The summed E-state index contributed by atoms with van der Waals surface area (Å²) in [6, 6.07) is 4.38. The number of carbonyl (C=O) groups is 2.